The van der Waals surface area contributed by atoms with Crippen LogP contribution in [0.4, 0.5) is 0 Å². The largest absolute Gasteiger partial charge is 0.481 e. The maximum atomic E-state index is 12.5. The Kier molecular flexibility index (Phi) is 5.32. The highest BCUT2D eigenvalue weighted by atomic mass is 16.4. The van der Waals surface area contributed by atoms with Crippen molar-refractivity contribution < 1.29 is 19.5 Å². The molecule has 0 aromatic rings. The summed E-state index contributed by atoms with van der Waals surface area (Å²) < 4.78 is 0. The molecule has 0 aromatic heterocycles. The van der Waals surface area contributed by atoms with Crippen molar-refractivity contribution >= 4 is 17.8 Å². The zero-order valence-corrected chi connectivity index (χ0v) is 14.3. The minimum Gasteiger partial charge on any atom is -0.481 e. The number of piperidine rings is 1. The van der Waals surface area contributed by atoms with Crippen molar-refractivity contribution in [2.75, 3.05) is 13.1 Å². The predicted octanol–water partition coefficient (Wildman–Crippen LogP) is 1.64. The number of amides is 2. The van der Waals surface area contributed by atoms with Crippen LogP contribution >= 0.6 is 0 Å². The quantitative estimate of drug-likeness (QED) is 0.826. The third-order valence-electron chi connectivity index (χ3n) is 4.85. The molecule has 2 fully saturated rings. The van der Waals surface area contributed by atoms with E-state index in [0.29, 0.717) is 25.9 Å². The van der Waals surface area contributed by atoms with Crippen LogP contribution in [-0.4, -0.2) is 46.9 Å². The summed E-state index contributed by atoms with van der Waals surface area (Å²) in [4.78, 5) is 37.6. The van der Waals surface area contributed by atoms with Crippen molar-refractivity contribution in [3.05, 3.63) is 0 Å². The number of carbonyl (C=O) groups excluding carboxylic acids is 2. The molecule has 1 saturated carbocycles. The number of carboxylic acids is 1. The van der Waals surface area contributed by atoms with Crippen LogP contribution in [-0.2, 0) is 14.4 Å². The molecule has 2 rings (SSSR count). The predicted molar refractivity (Wildman–Crippen MR) is 85.7 cm³/mol. The van der Waals surface area contributed by atoms with E-state index in [4.69, 9.17) is 5.11 Å². The molecule has 2 N–H and O–H groups in total. The Balaban J connectivity index is 1.88. The number of rotatable bonds is 3. The van der Waals surface area contributed by atoms with E-state index < -0.39 is 11.4 Å². The summed E-state index contributed by atoms with van der Waals surface area (Å²) >= 11 is 0. The molecule has 6 heteroatoms. The number of hydrogen-bond acceptors (Lipinski definition) is 3. The molecule has 1 aliphatic carbocycles. The lowest BCUT2D eigenvalue weighted by Crippen LogP contribution is -2.49. The van der Waals surface area contributed by atoms with E-state index in [9.17, 15) is 14.4 Å². The molecule has 3 atom stereocenters. The van der Waals surface area contributed by atoms with Crippen LogP contribution in [0.2, 0.25) is 0 Å². The summed E-state index contributed by atoms with van der Waals surface area (Å²) in [5.41, 5.74) is -0.432. The van der Waals surface area contributed by atoms with Gasteiger partial charge in [-0.25, -0.2) is 0 Å². The molecular weight excluding hydrogens is 296 g/mol. The van der Waals surface area contributed by atoms with Gasteiger partial charge in [-0.1, -0.05) is 20.8 Å². The van der Waals surface area contributed by atoms with Crippen LogP contribution in [0, 0.1) is 17.3 Å². The fourth-order valence-electron chi connectivity index (χ4n) is 3.51. The molecule has 0 aromatic carbocycles. The number of aliphatic carboxylic acids is 1. The Labute approximate surface area is 137 Å². The van der Waals surface area contributed by atoms with Gasteiger partial charge in [0.25, 0.3) is 0 Å². The van der Waals surface area contributed by atoms with Gasteiger partial charge in [0.2, 0.25) is 11.8 Å². The molecule has 0 radical (unpaired) electrons. The SMILES string of the molecule is CC(C)(C)C(=O)N1CCCC(C(=O)N[C@H]2CC[C@@H](C(=O)O)C2)C1. The van der Waals surface area contributed by atoms with Crippen LogP contribution in [0.3, 0.4) is 0 Å². The zero-order chi connectivity index (χ0) is 17.2. The van der Waals surface area contributed by atoms with Crippen LogP contribution in [0.1, 0.15) is 52.9 Å². The normalized spacial score (nSPS) is 28.5. The summed E-state index contributed by atoms with van der Waals surface area (Å²) in [6, 6.07) is -0.0442. The zero-order valence-electron chi connectivity index (χ0n) is 14.3. The molecule has 23 heavy (non-hydrogen) atoms. The van der Waals surface area contributed by atoms with Crippen molar-refractivity contribution in [1.29, 1.82) is 0 Å². The first-order valence-corrected chi connectivity index (χ1v) is 8.51. The molecule has 2 amide bonds. The number of nitrogens with one attached hydrogen (secondary N) is 1. The summed E-state index contributed by atoms with van der Waals surface area (Å²) in [6.07, 6.45) is 3.48. The third-order valence-corrected chi connectivity index (χ3v) is 4.85. The lowest BCUT2D eigenvalue weighted by atomic mass is 9.90. The topological polar surface area (TPSA) is 86.7 Å². The molecule has 1 heterocycles. The monoisotopic (exact) mass is 324 g/mol. The lowest BCUT2D eigenvalue weighted by molar-refractivity contribution is -0.143. The highest BCUT2D eigenvalue weighted by molar-refractivity contribution is 5.84. The first-order chi connectivity index (χ1) is 10.7. The average molecular weight is 324 g/mol. The fraction of sp³-hybridized carbons (Fsp3) is 0.824. The second-order valence-corrected chi connectivity index (χ2v) is 7.89. The molecule has 1 saturated heterocycles. The Morgan fingerprint density at radius 2 is 1.78 bits per heavy atom. The molecular formula is C17H28N2O4. The first-order valence-electron chi connectivity index (χ1n) is 8.51. The Hall–Kier alpha value is -1.59. The second-order valence-electron chi connectivity index (χ2n) is 7.89. The number of nitrogens with zero attached hydrogens (tertiary/aromatic N) is 1. The van der Waals surface area contributed by atoms with E-state index in [0.717, 1.165) is 19.3 Å². The van der Waals surface area contributed by atoms with E-state index >= 15 is 0 Å². The minimum absolute atomic E-state index is 0.0348. The molecule has 1 unspecified atom stereocenters. The summed E-state index contributed by atoms with van der Waals surface area (Å²) in [6.45, 7) is 6.86. The van der Waals surface area contributed by atoms with Gasteiger partial charge in [-0.05, 0) is 32.1 Å². The Morgan fingerprint density at radius 1 is 1.09 bits per heavy atom. The Bertz CT molecular complexity index is 483. The van der Waals surface area contributed by atoms with Gasteiger partial charge in [-0.2, -0.15) is 0 Å². The molecule has 1 aliphatic heterocycles. The average Bonchev–Trinajstić information content (AvgIpc) is 2.94. The van der Waals surface area contributed by atoms with Crippen molar-refractivity contribution in [1.82, 2.24) is 10.2 Å². The van der Waals surface area contributed by atoms with Crippen molar-refractivity contribution in [3.63, 3.8) is 0 Å². The van der Waals surface area contributed by atoms with Gasteiger partial charge in [-0.3, -0.25) is 14.4 Å². The summed E-state index contributed by atoms with van der Waals surface area (Å²) in [5, 5.41) is 12.0. The molecule has 6 nitrogen and oxygen atoms in total. The van der Waals surface area contributed by atoms with Gasteiger partial charge in [0, 0.05) is 24.5 Å². The van der Waals surface area contributed by atoms with E-state index in [2.05, 4.69) is 5.32 Å². The van der Waals surface area contributed by atoms with Crippen molar-refractivity contribution in [2.45, 2.75) is 58.9 Å². The lowest BCUT2D eigenvalue weighted by Gasteiger charge is -2.36. The molecule has 2 aliphatic rings. The number of carboxylic acid groups (broad SMARTS) is 1. The van der Waals surface area contributed by atoms with E-state index in [-0.39, 0.29) is 29.7 Å². The van der Waals surface area contributed by atoms with E-state index in [1.807, 2.05) is 20.8 Å². The second kappa shape index (κ2) is 6.89. The van der Waals surface area contributed by atoms with E-state index in [1.54, 1.807) is 4.90 Å². The number of hydrogen-bond donors (Lipinski definition) is 2. The van der Waals surface area contributed by atoms with Gasteiger partial charge in [0.15, 0.2) is 0 Å². The third kappa shape index (κ3) is 4.45. The van der Waals surface area contributed by atoms with Crippen molar-refractivity contribution in [2.24, 2.45) is 17.3 Å². The van der Waals surface area contributed by atoms with Gasteiger partial charge in [0.05, 0.1) is 11.8 Å². The van der Waals surface area contributed by atoms with E-state index in [1.165, 1.54) is 0 Å². The van der Waals surface area contributed by atoms with Gasteiger partial charge < -0.3 is 15.3 Å². The molecule has 0 bridgehead atoms. The smallest absolute Gasteiger partial charge is 0.306 e. The minimum atomic E-state index is -0.777. The highest BCUT2D eigenvalue weighted by Gasteiger charge is 2.35. The maximum absolute atomic E-state index is 12.5. The molecule has 130 valence electrons. The number of carbonyl (C=O) groups is 3. The summed E-state index contributed by atoms with van der Waals surface area (Å²) in [5.74, 6) is -1.25. The van der Waals surface area contributed by atoms with Crippen molar-refractivity contribution in [3.8, 4) is 0 Å². The Morgan fingerprint density at radius 3 is 2.35 bits per heavy atom. The van der Waals surface area contributed by atoms with Crippen LogP contribution in [0.15, 0.2) is 0 Å². The van der Waals surface area contributed by atoms with Gasteiger partial charge in [-0.15, -0.1) is 0 Å². The fourth-order valence-corrected chi connectivity index (χ4v) is 3.51. The first kappa shape index (κ1) is 17.8. The standard InChI is InChI=1S/C17H28N2O4/c1-17(2,3)16(23)19-8-4-5-12(10-19)14(20)18-13-7-6-11(9-13)15(21)22/h11-13H,4-10H2,1-3H3,(H,18,20)(H,21,22)/t11-,12?,13+/m1/s1. The van der Waals surface area contributed by atoms with Gasteiger partial charge in [0.1, 0.15) is 0 Å². The maximum Gasteiger partial charge on any atom is 0.306 e. The summed E-state index contributed by atoms with van der Waals surface area (Å²) in [7, 11) is 0. The highest BCUT2D eigenvalue weighted by Crippen LogP contribution is 2.27. The van der Waals surface area contributed by atoms with Crippen LogP contribution < -0.4 is 5.32 Å². The van der Waals surface area contributed by atoms with Crippen LogP contribution in [0.5, 0.6) is 0 Å². The molecule has 0 spiro atoms. The van der Waals surface area contributed by atoms with Gasteiger partial charge >= 0.3 is 5.97 Å². The van der Waals surface area contributed by atoms with Crippen LogP contribution in [0.25, 0.3) is 0 Å². The number of likely N-dealkylation sites (tertiary alicyclic amines) is 1.